The average molecular weight is 429 g/mol. The summed E-state index contributed by atoms with van der Waals surface area (Å²) in [4.78, 5) is 8.59. The predicted molar refractivity (Wildman–Crippen MR) is 120 cm³/mol. The van der Waals surface area contributed by atoms with E-state index >= 15 is 8.78 Å². The fraction of sp³-hybridized carbons (Fsp3) is 0.154. The van der Waals surface area contributed by atoms with Gasteiger partial charge in [0.2, 0.25) is 5.90 Å². The molecule has 5 rings (SSSR count). The van der Waals surface area contributed by atoms with Crippen LogP contribution in [0.15, 0.2) is 109 Å². The minimum atomic E-state index is -3.21. The van der Waals surface area contributed by atoms with Crippen molar-refractivity contribution in [3.63, 3.8) is 0 Å². The number of aromatic nitrogens is 2. The number of benzene rings is 3. The first-order valence-corrected chi connectivity index (χ1v) is 10.4. The Kier molecular flexibility index (Phi) is 5.27. The quantitative estimate of drug-likeness (QED) is 0.403. The van der Waals surface area contributed by atoms with Crippen LogP contribution in [0.4, 0.5) is 8.78 Å². The van der Waals surface area contributed by atoms with Gasteiger partial charge in [-0.2, -0.15) is 8.78 Å². The molecule has 0 radical (unpaired) electrons. The molecule has 0 bridgehead atoms. The first kappa shape index (κ1) is 20.1. The third-order valence-corrected chi connectivity index (χ3v) is 5.58. The minimum absolute atomic E-state index is 0.0866. The van der Waals surface area contributed by atoms with Crippen molar-refractivity contribution in [2.75, 3.05) is 0 Å². The van der Waals surface area contributed by atoms with E-state index in [-0.39, 0.29) is 18.0 Å². The highest BCUT2D eigenvalue weighted by atomic mass is 19.3. The zero-order valence-electron chi connectivity index (χ0n) is 17.2. The van der Waals surface area contributed by atoms with Crippen molar-refractivity contribution in [3.8, 4) is 11.1 Å². The molecule has 2 atom stereocenters. The maximum Gasteiger partial charge on any atom is 0.311 e. The molecule has 1 aliphatic heterocycles. The van der Waals surface area contributed by atoms with Crippen molar-refractivity contribution >= 4 is 5.90 Å². The Morgan fingerprint density at radius 1 is 0.812 bits per heavy atom. The third-order valence-electron chi connectivity index (χ3n) is 5.58. The van der Waals surface area contributed by atoms with Crippen LogP contribution in [0.25, 0.3) is 11.1 Å². The van der Waals surface area contributed by atoms with Gasteiger partial charge in [0, 0.05) is 30.1 Å². The van der Waals surface area contributed by atoms with E-state index in [9.17, 15) is 0 Å². The van der Waals surface area contributed by atoms with E-state index in [0.29, 0.717) is 5.56 Å². The summed E-state index contributed by atoms with van der Waals surface area (Å²) in [6, 6.07) is 24.6. The zero-order chi connectivity index (χ0) is 22.0. The Bertz CT molecular complexity index is 1190. The van der Waals surface area contributed by atoms with Gasteiger partial charge in [-0.05, 0) is 23.3 Å². The van der Waals surface area contributed by atoms with Gasteiger partial charge in [-0.3, -0.25) is 0 Å². The van der Waals surface area contributed by atoms with E-state index in [1.165, 1.54) is 12.1 Å². The number of alkyl halides is 2. The van der Waals surface area contributed by atoms with Gasteiger partial charge in [0.15, 0.2) is 6.10 Å². The van der Waals surface area contributed by atoms with E-state index in [1.807, 2.05) is 54.6 Å². The van der Waals surface area contributed by atoms with Crippen LogP contribution in [-0.2, 0) is 17.2 Å². The molecule has 4 aromatic rings. The van der Waals surface area contributed by atoms with Crippen LogP contribution < -0.4 is 0 Å². The molecule has 4 nitrogen and oxygen atoms in total. The summed E-state index contributed by atoms with van der Waals surface area (Å²) in [5, 5.41) is 0. The number of aliphatic imine (C=N–C) groups is 1. The van der Waals surface area contributed by atoms with Crippen molar-refractivity contribution in [1.82, 2.24) is 9.55 Å². The molecule has 1 aliphatic rings. The molecule has 0 saturated carbocycles. The standard InChI is InChI=1S/C26H21F2N3O/c27-26(28,22-9-5-2-6-10-22)24-23(17-31-16-15-29-18-31)30-25(32-24)21-13-11-20(12-14-21)19-7-3-1-4-8-19/h1-16,18,23-24H,17H2. The van der Waals surface area contributed by atoms with Crippen LogP contribution in [0.5, 0.6) is 0 Å². The van der Waals surface area contributed by atoms with Crippen molar-refractivity contribution in [3.05, 3.63) is 115 Å². The monoisotopic (exact) mass is 429 g/mol. The van der Waals surface area contributed by atoms with Crippen LogP contribution in [0.3, 0.4) is 0 Å². The van der Waals surface area contributed by atoms with Crippen LogP contribution in [0, 0.1) is 0 Å². The number of hydrogen-bond donors (Lipinski definition) is 0. The SMILES string of the molecule is FC(F)(c1ccccc1)C1OC(c2ccc(-c3ccccc3)cc2)=NC1Cn1ccnc1. The first-order chi connectivity index (χ1) is 15.6. The Balaban J connectivity index is 1.45. The van der Waals surface area contributed by atoms with Crippen LogP contribution in [0.1, 0.15) is 11.1 Å². The lowest BCUT2D eigenvalue weighted by Gasteiger charge is -2.27. The molecule has 6 heteroatoms. The molecule has 0 aliphatic carbocycles. The first-order valence-electron chi connectivity index (χ1n) is 10.4. The smallest absolute Gasteiger partial charge is 0.311 e. The predicted octanol–water partition coefficient (Wildman–Crippen LogP) is 5.56. The second-order valence-corrected chi connectivity index (χ2v) is 7.73. The summed E-state index contributed by atoms with van der Waals surface area (Å²) in [5.74, 6) is -2.97. The molecule has 0 amide bonds. The fourth-order valence-electron chi connectivity index (χ4n) is 3.91. The zero-order valence-corrected chi connectivity index (χ0v) is 17.2. The normalized spacial score (nSPS) is 18.2. The molecule has 3 aromatic carbocycles. The minimum Gasteiger partial charge on any atom is -0.465 e. The fourth-order valence-corrected chi connectivity index (χ4v) is 3.91. The highest BCUT2D eigenvalue weighted by molar-refractivity contribution is 5.96. The van der Waals surface area contributed by atoms with Crippen LogP contribution in [-0.4, -0.2) is 27.6 Å². The van der Waals surface area contributed by atoms with E-state index < -0.39 is 18.1 Å². The van der Waals surface area contributed by atoms with Crippen molar-refractivity contribution < 1.29 is 13.5 Å². The largest absolute Gasteiger partial charge is 0.465 e. The lowest BCUT2D eigenvalue weighted by Crippen LogP contribution is -2.41. The maximum atomic E-state index is 15.5. The van der Waals surface area contributed by atoms with Gasteiger partial charge in [0.05, 0.1) is 6.33 Å². The van der Waals surface area contributed by atoms with E-state index in [2.05, 4.69) is 9.98 Å². The molecule has 160 valence electrons. The molecule has 1 aromatic heterocycles. The Labute approximate surface area is 184 Å². The number of ether oxygens (including phenoxy) is 1. The van der Waals surface area contributed by atoms with Crippen LogP contribution in [0.2, 0.25) is 0 Å². The summed E-state index contributed by atoms with van der Waals surface area (Å²) < 4.78 is 38.6. The van der Waals surface area contributed by atoms with Gasteiger partial charge in [-0.15, -0.1) is 0 Å². The lowest BCUT2D eigenvalue weighted by molar-refractivity contribution is -0.109. The van der Waals surface area contributed by atoms with Crippen molar-refractivity contribution in [2.24, 2.45) is 4.99 Å². The molecule has 0 spiro atoms. The molecule has 2 heterocycles. The highest BCUT2D eigenvalue weighted by Crippen LogP contribution is 2.39. The van der Waals surface area contributed by atoms with Crippen LogP contribution >= 0.6 is 0 Å². The van der Waals surface area contributed by atoms with Crippen molar-refractivity contribution in [2.45, 2.75) is 24.6 Å². The van der Waals surface area contributed by atoms with Crippen molar-refractivity contribution in [1.29, 1.82) is 0 Å². The molecule has 32 heavy (non-hydrogen) atoms. The summed E-state index contributed by atoms with van der Waals surface area (Å²) >= 11 is 0. The number of rotatable bonds is 6. The summed E-state index contributed by atoms with van der Waals surface area (Å²) in [6.45, 7) is 0.249. The average Bonchev–Trinajstić information content (AvgIpc) is 3.51. The summed E-state index contributed by atoms with van der Waals surface area (Å²) in [6.07, 6.45) is 3.53. The molecule has 0 N–H and O–H groups in total. The van der Waals surface area contributed by atoms with Gasteiger partial charge in [-0.1, -0.05) is 72.8 Å². The summed E-state index contributed by atoms with van der Waals surface area (Å²) in [5.41, 5.74) is 2.71. The van der Waals surface area contributed by atoms with Gasteiger partial charge in [0.1, 0.15) is 6.04 Å². The highest BCUT2D eigenvalue weighted by Gasteiger charge is 2.51. The van der Waals surface area contributed by atoms with Gasteiger partial charge < -0.3 is 9.30 Å². The molecular formula is C26H21F2N3O. The third kappa shape index (κ3) is 3.91. The Morgan fingerprint density at radius 3 is 2.09 bits per heavy atom. The molecule has 2 unspecified atom stereocenters. The maximum absolute atomic E-state index is 15.5. The van der Waals surface area contributed by atoms with Gasteiger partial charge in [0.25, 0.3) is 0 Å². The summed E-state index contributed by atoms with van der Waals surface area (Å²) in [7, 11) is 0. The van der Waals surface area contributed by atoms with Gasteiger partial charge in [-0.25, -0.2) is 9.98 Å². The topological polar surface area (TPSA) is 39.4 Å². The number of imidazole rings is 1. The number of nitrogens with zero attached hydrogens (tertiary/aromatic N) is 3. The lowest BCUT2D eigenvalue weighted by atomic mass is 9.98. The number of hydrogen-bond acceptors (Lipinski definition) is 3. The van der Waals surface area contributed by atoms with E-state index in [1.54, 1.807) is 41.5 Å². The molecule has 0 saturated heterocycles. The Morgan fingerprint density at radius 2 is 1.44 bits per heavy atom. The molecule has 0 fully saturated rings. The molecular weight excluding hydrogens is 408 g/mol. The number of halogens is 2. The van der Waals surface area contributed by atoms with E-state index in [0.717, 1.165) is 11.1 Å². The second-order valence-electron chi connectivity index (χ2n) is 7.73. The van der Waals surface area contributed by atoms with Gasteiger partial charge >= 0.3 is 5.92 Å². The second kappa shape index (κ2) is 8.38. The van der Waals surface area contributed by atoms with E-state index in [4.69, 9.17) is 4.74 Å². The Hall–Kier alpha value is -3.80.